The molecule has 1 aromatic heterocycles. The molecule has 0 amide bonds. The quantitative estimate of drug-likeness (QED) is 0.627. The second kappa shape index (κ2) is 7.51. The van der Waals surface area contributed by atoms with Crippen LogP contribution in [0.2, 0.25) is 0 Å². The second-order valence-electron chi connectivity index (χ2n) is 4.24. The van der Waals surface area contributed by atoms with Crippen LogP contribution in [0.25, 0.3) is 11.6 Å². The minimum Gasteiger partial charge on any atom is -0.466 e. The minimum atomic E-state index is -0.642. The maximum atomic E-state index is 12.9. The number of methoxy groups -OCH3 is 1. The number of benzene rings is 1. The smallest absolute Gasteiger partial charge is 0.344 e. The summed E-state index contributed by atoms with van der Waals surface area (Å²) < 4.78 is 22.3. The number of thiophene rings is 1. The zero-order valence-corrected chi connectivity index (χ0v) is 12.6. The van der Waals surface area contributed by atoms with Crippen LogP contribution >= 0.6 is 11.3 Å². The Bertz CT molecular complexity index is 675. The molecule has 0 saturated carbocycles. The molecule has 6 heteroatoms. The van der Waals surface area contributed by atoms with E-state index in [0.717, 1.165) is 0 Å². The highest BCUT2D eigenvalue weighted by atomic mass is 32.1. The van der Waals surface area contributed by atoms with E-state index in [9.17, 15) is 14.0 Å². The number of hydrogen-bond donors (Lipinski definition) is 0. The first-order valence-electron chi connectivity index (χ1n) is 6.35. The lowest BCUT2D eigenvalue weighted by Gasteiger charge is -2.06. The largest absolute Gasteiger partial charge is 0.466 e. The standard InChI is InChI=1S/C16H13FO4S/c1-20-15(18)10-21-16(19)13(14-3-2-8-22-14)9-11-4-6-12(17)7-5-11/h2-9H,10H2,1H3/b13-9+. The molecule has 1 aromatic carbocycles. The van der Waals surface area contributed by atoms with Crippen molar-refractivity contribution < 1.29 is 23.5 Å². The van der Waals surface area contributed by atoms with E-state index in [1.54, 1.807) is 30.3 Å². The minimum absolute atomic E-state index is 0.297. The van der Waals surface area contributed by atoms with E-state index >= 15 is 0 Å². The van der Waals surface area contributed by atoms with Crippen LogP contribution in [0.3, 0.4) is 0 Å². The van der Waals surface area contributed by atoms with Crippen molar-refractivity contribution in [2.24, 2.45) is 0 Å². The summed E-state index contributed by atoms with van der Waals surface area (Å²) in [5, 5.41) is 1.82. The fraction of sp³-hybridized carbons (Fsp3) is 0.125. The Hall–Kier alpha value is -2.47. The Balaban J connectivity index is 2.25. The van der Waals surface area contributed by atoms with Gasteiger partial charge in [0.15, 0.2) is 6.61 Å². The molecule has 0 bridgehead atoms. The monoisotopic (exact) mass is 320 g/mol. The molecule has 22 heavy (non-hydrogen) atoms. The third-order valence-corrected chi connectivity index (χ3v) is 3.64. The molecule has 114 valence electrons. The molecule has 0 fully saturated rings. The number of ether oxygens (including phenoxy) is 2. The normalized spacial score (nSPS) is 11.1. The Labute approximate surface area is 130 Å². The number of carbonyl (C=O) groups is 2. The van der Waals surface area contributed by atoms with Crippen molar-refractivity contribution in [3.63, 3.8) is 0 Å². The summed E-state index contributed by atoms with van der Waals surface area (Å²) in [6.07, 6.45) is 1.59. The highest BCUT2D eigenvalue weighted by Crippen LogP contribution is 2.24. The van der Waals surface area contributed by atoms with Crippen LogP contribution in [0.1, 0.15) is 10.4 Å². The molecule has 4 nitrogen and oxygen atoms in total. The Morgan fingerprint density at radius 2 is 1.95 bits per heavy atom. The van der Waals surface area contributed by atoms with Gasteiger partial charge in [-0.25, -0.2) is 14.0 Å². The highest BCUT2D eigenvalue weighted by Gasteiger charge is 2.16. The van der Waals surface area contributed by atoms with Crippen LogP contribution < -0.4 is 0 Å². The summed E-state index contributed by atoms with van der Waals surface area (Å²) in [7, 11) is 1.21. The molecule has 0 N–H and O–H groups in total. The van der Waals surface area contributed by atoms with Gasteiger partial charge in [-0.3, -0.25) is 0 Å². The van der Waals surface area contributed by atoms with Crippen molar-refractivity contribution in [3.05, 3.63) is 58.0 Å². The highest BCUT2D eigenvalue weighted by molar-refractivity contribution is 7.11. The van der Waals surface area contributed by atoms with Crippen molar-refractivity contribution in [3.8, 4) is 0 Å². The molecular weight excluding hydrogens is 307 g/mol. The Morgan fingerprint density at radius 1 is 1.23 bits per heavy atom. The van der Waals surface area contributed by atoms with E-state index < -0.39 is 18.5 Å². The zero-order valence-electron chi connectivity index (χ0n) is 11.7. The number of rotatable bonds is 5. The lowest BCUT2D eigenvalue weighted by molar-refractivity contribution is -0.153. The van der Waals surface area contributed by atoms with Crippen LogP contribution in [0.5, 0.6) is 0 Å². The van der Waals surface area contributed by atoms with Gasteiger partial charge in [-0.15, -0.1) is 11.3 Å². The molecule has 0 unspecified atom stereocenters. The molecule has 0 aliphatic heterocycles. The molecule has 0 atom stereocenters. The summed E-state index contributed by atoms with van der Waals surface area (Å²) in [6, 6.07) is 9.27. The summed E-state index contributed by atoms with van der Waals surface area (Å²) in [5.41, 5.74) is 0.949. The van der Waals surface area contributed by atoms with E-state index in [-0.39, 0.29) is 5.82 Å². The van der Waals surface area contributed by atoms with Gasteiger partial charge in [0.25, 0.3) is 0 Å². The van der Waals surface area contributed by atoms with E-state index in [1.165, 1.54) is 30.6 Å². The number of hydrogen-bond acceptors (Lipinski definition) is 5. The van der Waals surface area contributed by atoms with Crippen LogP contribution in [0, 0.1) is 5.82 Å². The van der Waals surface area contributed by atoms with Crippen molar-refractivity contribution in [2.45, 2.75) is 0 Å². The third kappa shape index (κ3) is 4.26. The number of halogens is 1. The molecule has 1 heterocycles. The predicted molar refractivity (Wildman–Crippen MR) is 81.6 cm³/mol. The van der Waals surface area contributed by atoms with Gasteiger partial charge in [0.05, 0.1) is 12.7 Å². The molecule has 0 aliphatic carbocycles. The first kappa shape index (κ1) is 15.9. The van der Waals surface area contributed by atoms with Crippen LogP contribution in [-0.4, -0.2) is 25.7 Å². The molecule has 0 saturated heterocycles. The van der Waals surface area contributed by atoms with E-state index in [1.807, 2.05) is 5.38 Å². The molecule has 2 rings (SSSR count). The van der Waals surface area contributed by atoms with Gasteiger partial charge in [0.1, 0.15) is 5.82 Å². The van der Waals surface area contributed by atoms with Gasteiger partial charge in [-0.1, -0.05) is 18.2 Å². The predicted octanol–water partition coefficient (Wildman–Crippen LogP) is 3.14. The average Bonchev–Trinajstić information content (AvgIpc) is 3.05. The Kier molecular flexibility index (Phi) is 5.43. The summed E-state index contributed by atoms with van der Waals surface area (Å²) >= 11 is 1.36. The summed E-state index contributed by atoms with van der Waals surface area (Å²) in [5.74, 6) is -1.64. The van der Waals surface area contributed by atoms with Gasteiger partial charge in [-0.05, 0) is 35.2 Å². The van der Waals surface area contributed by atoms with E-state index in [2.05, 4.69) is 4.74 Å². The summed E-state index contributed by atoms with van der Waals surface area (Å²) in [4.78, 5) is 23.9. The van der Waals surface area contributed by atoms with Crippen molar-refractivity contribution in [1.82, 2.24) is 0 Å². The molecule has 0 aliphatic rings. The van der Waals surface area contributed by atoms with Crippen molar-refractivity contribution >= 4 is 34.9 Å². The van der Waals surface area contributed by atoms with Crippen molar-refractivity contribution in [1.29, 1.82) is 0 Å². The maximum Gasteiger partial charge on any atom is 0.344 e. The molecule has 2 aromatic rings. The number of carbonyl (C=O) groups excluding carboxylic acids is 2. The first-order chi connectivity index (χ1) is 10.6. The van der Waals surface area contributed by atoms with Crippen LogP contribution in [-0.2, 0) is 19.1 Å². The van der Waals surface area contributed by atoms with Crippen LogP contribution in [0.4, 0.5) is 4.39 Å². The number of esters is 2. The molecule has 0 radical (unpaired) electrons. The molecule has 0 spiro atoms. The third-order valence-electron chi connectivity index (χ3n) is 2.74. The maximum absolute atomic E-state index is 12.9. The van der Waals surface area contributed by atoms with Gasteiger partial charge in [0.2, 0.25) is 0 Å². The van der Waals surface area contributed by atoms with Crippen molar-refractivity contribution in [2.75, 3.05) is 13.7 Å². The SMILES string of the molecule is COC(=O)COC(=O)/C(=C/c1ccc(F)cc1)c1cccs1. The lowest BCUT2D eigenvalue weighted by Crippen LogP contribution is -2.15. The second-order valence-corrected chi connectivity index (χ2v) is 5.19. The van der Waals surface area contributed by atoms with Crippen LogP contribution in [0.15, 0.2) is 41.8 Å². The van der Waals surface area contributed by atoms with Gasteiger partial charge >= 0.3 is 11.9 Å². The Morgan fingerprint density at radius 3 is 2.55 bits per heavy atom. The fourth-order valence-corrected chi connectivity index (χ4v) is 2.38. The molecular formula is C16H13FO4S. The van der Waals surface area contributed by atoms with Gasteiger partial charge in [0, 0.05) is 4.88 Å². The summed E-state index contributed by atoms with van der Waals surface area (Å²) in [6.45, 7) is -0.457. The lowest BCUT2D eigenvalue weighted by atomic mass is 10.1. The van der Waals surface area contributed by atoms with E-state index in [0.29, 0.717) is 16.0 Å². The zero-order chi connectivity index (χ0) is 15.9. The first-order valence-corrected chi connectivity index (χ1v) is 7.23. The van der Waals surface area contributed by atoms with E-state index in [4.69, 9.17) is 4.74 Å². The average molecular weight is 320 g/mol. The van der Waals surface area contributed by atoms with Gasteiger partial charge in [-0.2, -0.15) is 0 Å². The van der Waals surface area contributed by atoms with Gasteiger partial charge < -0.3 is 9.47 Å². The fourth-order valence-electron chi connectivity index (χ4n) is 1.65. The topological polar surface area (TPSA) is 52.6 Å².